The fraction of sp³-hybridized carbons (Fsp3) is 1.00. The summed E-state index contributed by atoms with van der Waals surface area (Å²) in [7, 11) is 1.94. The maximum atomic E-state index is 7.07. The summed E-state index contributed by atoms with van der Waals surface area (Å²) in [5.74, 6) is 0. The molecule has 0 saturated heterocycles. The third-order valence-corrected chi connectivity index (χ3v) is 13.0. The molecule has 8 nitrogen and oxygen atoms in total. The van der Waals surface area contributed by atoms with Gasteiger partial charge < -0.3 is 38.0 Å². The molecule has 10 heteroatoms. The van der Waals surface area contributed by atoms with Crippen LogP contribution in [0.1, 0.15) is 46.0 Å². The van der Waals surface area contributed by atoms with Gasteiger partial charge in [-0.05, 0) is 12.8 Å². The van der Waals surface area contributed by atoms with Gasteiger partial charge in [0.2, 0.25) is 0 Å². The monoisotopic (exact) mass is 398 g/mol. The highest BCUT2D eigenvalue weighted by atomic mass is 28.5. The highest BCUT2D eigenvalue weighted by molar-refractivity contribution is 6.86. The van der Waals surface area contributed by atoms with E-state index < -0.39 is 27.9 Å². The molecule has 1 atom stereocenters. The Bertz CT molecular complexity index is 347. The van der Waals surface area contributed by atoms with E-state index >= 15 is 0 Å². The summed E-state index contributed by atoms with van der Waals surface area (Å²) in [5.41, 5.74) is 13.1. The maximum absolute atomic E-state index is 7.07. The Morgan fingerprint density at radius 1 is 0.640 bits per heavy atom. The lowest BCUT2D eigenvalue weighted by Gasteiger charge is -2.55. The van der Waals surface area contributed by atoms with Crippen LogP contribution in [0.2, 0.25) is 0 Å². The molecule has 0 rings (SSSR count). The van der Waals surface area contributed by atoms with Crippen LogP contribution in [-0.4, -0.2) is 70.6 Å². The predicted octanol–water partition coefficient (Wildman–Crippen LogP) is 1.21. The van der Waals surface area contributed by atoms with Crippen LogP contribution in [-0.2, 0) is 26.6 Å². The molecule has 0 saturated carbocycles. The summed E-state index contributed by atoms with van der Waals surface area (Å²) < 4.78 is 34.6. The van der Waals surface area contributed by atoms with Crippen molar-refractivity contribution in [2.75, 3.05) is 42.7 Å². The SMILES string of the molecule is CCCCC(N)(CCC)C(N)([Si](OC)(OC)OC)[Si](OC)(OC)OC. The summed E-state index contributed by atoms with van der Waals surface area (Å²) in [4.78, 5) is -1.39. The first-order valence-corrected chi connectivity index (χ1v) is 12.1. The fourth-order valence-corrected chi connectivity index (χ4v) is 11.7. The van der Waals surface area contributed by atoms with Crippen molar-refractivity contribution in [1.82, 2.24) is 0 Å². The molecule has 0 aliphatic heterocycles. The highest BCUT2D eigenvalue weighted by Crippen LogP contribution is 2.43. The molecule has 0 aromatic carbocycles. The van der Waals surface area contributed by atoms with Crippen LogP contribution in [0.25, 0.3) is 0 Å². The van der Waals surface area contributed by atoms with Gasteiger partial charge in [0, 0.05) is 48.2 Å². The van der Waals surface area contributed by atoms with Gasteiger partial charge in [0.1, 0.15) is 0 Å². The number of unbranched alkanes of at least 4 members (excludes halogenated alkanes) is 1. The quantitative estimate of drug-likeness (QED) is 0.420. The zero-order valence-corrected chi connectivity index (χ0v) is 19.1. The second kappa shape index (κ2) is 10.4. The van der Waals surface area contributed by atoms with Crippen LogP contribution in [0.3, 0.4) is 0 Å². The van der Waals surface area contributed by atoms with Crippen molar-refractivity contribution < 1.29 is 26.6 Å². The summed E-state index contributed by atoms with van der Waals surface area (Å²) in [6, 6.07) is 0. The van der Waals surface area contributed by atoms with Gasteiger partial charge >= 0.3 is 17.6 Å². The summed E-state index contributed by atoms with van der Waals surface area (Å²) in [6.07, 6.45) is 3.95. The molecule has 0 aromatic rings. The van der Waals surface area contributed by atoms with E-state index in [0.29, 0.717) is 12.8 Å². The predicted molar refractivity (Wildman–Crippen MR) is 102 cm³/mol. The van der Waals surface area contributed by atoms with E-state index in [1.165, 1.54) is 42.7 Å². The van der Waals surface area contributed by atoms with E-state index in [0.717, 1.165) is 19.3 Å². The molecule has 0 aliphatic carbocycles. The second-order valence-corrected chi connectivity index (χ2v) is 12.9. The van der Waals surface area contributed by atoms with Crippen molar-refractivity contribution in [3.8, 4) is 0 Å². The Kier molecular flexibility index (Phi) is 10.5. The van der Waals surface area contributed by atoms with Crippen LogP contribution in [0.5, 0.6) is 0 Å². The van der Waals surface area contributed by atoms with Crippen LogP contribution in [0.4, 0.5) is 0 Å². The zero-order valence-electron chi connectivity index (χ0n) is 17.1. The molecular formula is C15H38N2O6Si2. The van der Waals surface area contributed by atoms with Crippen molar-refractivity contribution in [3.05, 3.63) is 0 Å². The van der Waals surface area contributed by atoms with Crippen molar-refractivity contribution in [2.24, 2.45) is 11.5 Å². The molecule has 0 radical (unpaired) electrons. The Morgan fingerprint density at radius 3 is 1.24 bits per heavy atom. The van der Waals surface area contributed by atoms with E-state index in [-0.39, 0.29) is 0 Å². The highest BCUT2D eigenvalue weighted by Gasteiger charge is 2.80. The molecule has 1 unspecified atom stereocenters. The number of hydrogen-bond donors (Lipinski definition) is 2. The molecule has 0 amide bonds. The van der Waals surface area contributed by atoms with Crippen molar-refractivity contribution in [3.63, 3.8) is 0 Å². The fourth-order valence-electron chi connectivity index (χ4n) is 3.72. The van der Waals surface area contributed by atoms with E-state index in [1.807, 2.05) is 0 Å². The molecule has 0 aliphatic rings. The van der Waals surface area contributed by atoms with E-state index in [2.05, 4.69) is 13.8 Å². The molecular weight excluding hydrogens is 360 g/mol. The number of rotatable bonds is 14. The maximum Gasteiger partial charge on any atom is 0.527 e. The normalized spacial score (nSPS) is 16.1. The Balaban J connectivity index is 6.76. The van der Waals surface area contributed by atoms with E-state index in [1.54, 1.807) is 0 Å². The molecule has 25 heavy (non-hydrogen) atoms. The smallest absolute Gasteiger partial charge is 0.376 e. The largest absolute Gasteiger partial charge is 0.527 e. The number of hydrogen-bond acceptors (Lipinski definition) is 8. The average Bonchev–Trinajstić information content (AvgIpc) is 2.64. The average molecular weight is 399 g/mol. The first-order valence-electron chi connectivity index (χ1n) is 8.62. The van der Waals surface area contributed by atoms with Gasteiger partial charge in [0.05, 0.1) is 0 Å². The van der Waals surface area contributed by atoms with Gasteiger partial charge in [-0.25, -0.2) is 0 Å². The van der Waals surface area contributed by atoms with E-state index in [9.17, 15) is 0 Å². The Morgan fingerprint density at radius 2 is 1.00 bits per heavy atom. The molecule has 0 heterocycles. The summed E-state index contributed by atoms with van der Waals surface area (Å²) in [5, 5.41) is 0. The molecule has 0 fully saturated rings. The minimum atomic E-state index is -3.55. The molecule has 152 valence electrons. The van der Waals surface area contributed by atoms with Crippen molar-refractivity contribution in [2.45, 2.75) is 56.3 Å². The standard InChI is InChI=1S/C15H38N2O6Si2/c1-9-11-13-14(16,12-10-2)15(17,24(18-3,19-4)20-5)25(21-6,22-7)23-8/h9-13,16-17H2,1-8H3. The summed E-state index contributed by atoms with van der Waals surface area (Å²) >= 11 is 0. The van der Waals surface area contributed by atoms with Crippen LogP contribution in [0, 0.1) is 0 Å². The first-order chi connectivity index (χ1) is 11.7. The minimum absolute atomic E-state index is 0.624. The van der Waals surface area contributed by atoms with Gasteiger partial charge in [-0.15, -0.1) is 0 Å². The van der Waals surface area contributed by atoms with Gasteiger partial charge in [-0.1, -0.05) is 33.1 Å². The molecule has 0 spiro atoms. The topological polar surface area (TPSA) is 107 Å². The van der Waals surface area contributed by atoms with Crippen molar-refractivity contribution in [1.29, 1.82) is 0 Å². The van der Waals surface area contributed by atoms with Gasteiger partial charge in [0.15, 0.2) is 4.79 Å². The molecule has 4 N–H and O–H groups in total. The third kappa shape index (κ3) is 4.03. The lowest BCUT2D eigenvalue weighted by Crippen LogP contribution is -2.92. The molecule has 0 aromatic heterocycles. The van der Waals surface area contributed by atoms with Gasteiger partial charge in [-0.3, -0.25) is 0 Å². The second-order valence-electron chi connectivity index (χ2n) is 6.15. The van der Waals surface area contributed by atoms with Gasteiger partial charge in [-0.2, -0.15) is 0 Å². The van der Waals surface area contributed by atoms with Gasteiger partial charge in [0.25, 0.3) is 0 Å². The first kappa shape index (κ1) is 25.1. The summed E-state index contributed by atoms with van der Waals surface area (Å²) in [6.45, 7) is 4.16. The zero-order chi connectivity index (χ0) is 19.8. The third-order valence-electron chi connectivity index (χ3n) is 5.04. The lowest BCUT2D eigenvalue weighted by molar-refractivity contribution is 0.0301. The van der Waals surface area contributed by atoms with E-state index in [4.69, 9.17) is 38.0 Å². The Hall–Kier alpha value is 0.114. The van der Waals surface area contributed by atoms with Crippen LogP contribution < -0.4 is 11.5 Å². The number of nitrogens with two attached hydrogens (primary N) is 2. The lowest BCUT2D eigenvalue weighted by atomic mass is 9.88. The Labute approximate surface area is 155 Å². The molecule has 0 bridgehead atoms. The van der Waals surface area contributed by atoms with Crippen LogP contribution in [0.15, 0.2) is 0 Å². The van der Waals surface area contributed by atoms with Crippen molar-refractivity contribution >= 4 is 17.6 Å². The minimum Gasteiger partial charge on any atom is -0.376 e. The van der Waals surface area contributed by atoms with Crippen LogP contribution >= 0.6 is 0 Å².